The molecule has 20 heavy (non-hydrogen) atoms. The lowest BCUT2D eigenvalue weighted by atomic mass is 9.74. The van der Waals surface area contributed by atoms with Crippen LogP contribution in [-0.2, 0) is 9.59 Å². The number of carboxylic acids is 1. The van der Waals surface area contributed by atoms with Crippen molar-refractivity contribution in [3.8, 4) is 0 Å². The van der Waals surface area contributed by atoms with Crippen LogP contribution in [0.3, 0.4) is 0 Å². The Hall–Kier alpha value is -1.10. The molecule has 0 radical (unpaired) electrons. The van der Waals surface area contributed by atoms with Crippen LogP contribution in [0.5, 0.6) is 0 Å². The molecule has 5 nitrogen and oxygen atoms in total. The Morgan fingerprint density at radius 2 is 1.85 bits per heavy atom. The van der Waals surface area contributed by atoms with E-state index >= 15 is 0 Å². The summed E-state index contributed by atoms with van der Waals surface area (Å²) in [5.74, 6) is -0.349. The molecule has 1 amide bonds. The number of piperidine rings is 2. The van der Waals surface area contributed by atoms with Crippen LogP contribution in [0, 0.1) is 17.3 Å². The molecule has 2 aliphatic heterocycles. The molecule has 0 aliphatic carbocycles. The molecule has 0 bridgehead atoms. The number of carbonyl (C=O) groups is 2. The van der Waals surface area contributed by atoms with Crippen molar-refractivity contribution in [3.63, 3.8) is 0 Å². The smallest absolute Gasteiger partial charge is 0.309 e. The van der Waals surface area contributed by atoms with Crippen molar-refractivity contribution in [2.24, 2.45) is 17.3 Å². The van der Waals surface area contributed by atoms with Gasteiger partial charge >= 0.3 is 5.97 Å². The minimum atomic E-state index is -0.765. The molecule has 0 aromatic heterocycles. The normalized spacial score (nSPS) is 25.5. The van der Waals surface area contributed by atoms with Crippen molar-refractivity contribution >= 4 is 11.9 Å². The molecule has 2 aliphatic rings. The standard InChI is InChI=1S/C15H26N2O3/c1-15(2,14(19)20)12-4-3-9-17(10-12)13(18)11-5-7-16-8-6-11/h11-12,16H,3-10H2,1-2H3,(H,19,20). The molecule has 2 fully saturated rings. The molecule has 5 heteroatoms. The zero-order valence-corrected chi connectivity index (χ0v) is 12.5. The molecule has 2 saturated heterocycles. The Balaban J connectivity index is 1.99. The minimum Gasteiger partial charge on any atom is -0.481 e. The van der Waals surface area contributed by atoms with Crippen LogP contribution >= 0.6 is 0 Å². The predicted octanol–water partition coefficient (Wildman–Crippen LogP) is 1.34. The van der Waals surface area contributed by atoms with Crippen molar-refractivity contribution in [1.29, 1.82) is 0 Å². The lowest BCUT2D eigenvalue weighted by molar-refractivity contribution is -0.154. The zero-order valence-electron chi connectivity index (χ0n) is 12.5. The molecule has 114 valence electrons. The van der Waals surface area contributed by atoms with Gasteiger partial charge in [-0.25, -0.2) is 0 Å². The first-order valence-electron chi connectivity index (χ1n) is 7.66. The van der Waals surface area contributed by atoms with E-state index in [-0.39, 0.29) is 17.7 Å². The molecule has 0 aromatic carbocycles. The summed E-state index contributed by atoms with van der Waals surface area (Å²) < 4.78 is 0. The summed E-state index contributed by atoms with van der Waals surface area (Å²) in [6, 6.07) is 0. The van der Waals surface area contributed by atoms with Gasteiger partial charge in [0.15, 0.2) is 0 Å². The first-order chi connectivity index (χ1) is 9.43. The average Bonchev–Trinajstić information content (AvgIpc) is 2.47. The van der Waals surface area contributed by atoms with Gasteiger partial charge in [-0.3, -0.25) is 9.59 Å². The topological polar surface area (TPSA) is 69.6 Å². The van der Waals surface area contributed by atoms with E-state index < -0.39 is 11.4 Å². The lowest BCUT2D eigenvalue weighted by Gasteiger charge is -2.40. The summed E-state index contributed by atoms with van der Waals surface area (Å²) in [7, 11) is 0. The largest absolute Gasteiger partial charge is 0.481 e. The number of nitrogens with zero attached hydrogens (tertiary/aromatic N) is 1. The maximum absolute atomic E-state index is 12.5. The highest BCUT2D eigenvalue weighted by atomic mass is 16.4. The van der Waals surface area contributed by atoms with Crippen LogP contribution < -0.4 is 5.32 Å². The van der Waals surface area contributed by atoms with E-state index in [2.05, 4.69) is 5.32 Å². The molecule has 2 N–H and O–H groups in total. The SMILES string of the molecule is CC(C)(C(=O)O)C1CCCN(C(=O)C2CCNCC2)C1. The zero-order chi connectivity index (χ0) is 14.8. The number of rotatable bonds is 3. The predicted molar refractivity (Wildman–Crippen MR) is 76.3 cm³/mol. The van der Waals surface area contributed by atoms with E-state index in [0.29, 0.717) is 6.54 Å². The number of nitrogens with one attached hydrogen (secondary N) is 1. The molecule has 1 unspecified atom stereocenters. The number of amides is 1. The molecule has 2 heterocycles. The summed E-state index contributed by atoms with van der Waals surface area (Å²) >= 11 is 0. The quantitative estimate of drug-likeness (QED) is 0.819. The molecule has 0 saturated carbocycles. The van der Waals surface area contributed by atoms with Crippen LogP contribution in [-0.4, -0.2) is 48.1 Å². The average molecular weight is 282 g/mol. The fourth-order valence-corrected chi connectivity index (χ4v) is 3.27. The molecule has 2 rings (SSSR count). The van der Waals surface area contributed by atoms with E-state index in [0.717, 1.165) is 45.3 Å². The van der Waals surface area contributed by atoms with Crippen molar-refractivity contribution in [2.45, 2.75) is 39.5 Å². The summed E-state index contributed by atoms with van der Waals surface area (Å²) in [6.45, 7) is 6.76. The Morgan fingerprint density at radius 1 is 1.20 bits per heavy atom. The second-order valence-corrected chi connectivity index (χ2v) is 6.67. The number of hydrogen-bond donors (Lipinski definition) is 2. The van der Waals surface area contributed by atoms with Gasteiger partial charge in [0, 0.05) is 19.0 Å². The Bertz CT molecular complexity index is 375. The summed E-state index contributed by atoms with van der Waals surface area (Å²) in [4.78, 5) is 25.8. The van der Waals surface area contributed by atoms with Gasteiger partial charge in [0.1, 0.15) is 0 Å². The summed E-state index contributed by atoms with van der Waals surface area (Å²) in [5.41, 5.74) is -0.757. The number of aliphatic carboxylic acids is 1. The van der Waals surface area contributed by atoms with E-state index in [4.69, 9.17) is 0 Å². The summed E-state index contributed by atoms with van der Waals surface area (Å²) in [5, 5.41) is 12.6. The Labute approximate surface area is 120 Å². The second kappa shape index (κ2) is 6.12. The van der Waals surface area contributed by atoms with E-state index in [9.17, 15) is 14.7 Å². The van der Waals surface area contributed by atoms with E-state index in [1.165, 1.54) is 0 Å². The third kappa shape index (κ3) is 3.14. The fraction of sp³-hybridized carbons (Fsp3) is 0.867. The lowest BCUT2D eigenvalue weighted by Crippen LogP contribution is -2.49. The Morgan fingerprint density at radius 3 is 2.45 bits per heavy atom. The van der Waals surface area contributed by atoms with Gasteiger partial charge in [-0.05, 0) is 58.5 Å². The highest BCUT2D eigenvalue weighted by Crippen LogP contribution is 2.35. The van der Waals surface area contributed by atoms with E-state index in [1.54, 1.807) is 13.8 Å². The number of likely N-dealkylation sites (tertiary alicyclic amines) is 1. The van der Waals surface area contributed by atoms with Gasteiger partial charge in [-0.1, -0.05) is 0 Å². The van der Waals surface area contributed by atoms with Crippen molar-refractivity contribution in [1.82, 2.24) is 10.2 Å². The van der Waals surface area contributed by atoms with Gasteiger partial charge in [0.2, 0.25) is 5.91 Å². The van der Waals surface area contributed by atoms with E-state index in [1.807, 2.05) is 4.90 Å². The van der Waals surface area contributed by atoms with Gasteiger partial charge < -0.3 is 15.3 Å². The molecular formula is C15H26N2O3. The van der Waals surface area contributed by atoms with Crippen LogP contribution in [0.25, 0.3) is 0 Å². The number of carboxylic acid groups (broad SMARTS) is 1. The highest BCUT2D eigenvalue weighted by molar-refractivity contribution is 5.79. The first-order valence-corrected chi connectivity index (χ1v) is 7.66. The van der Waals surface area contributed by atoms with Crippen molar-refractivity contribution in [2.75, 3.05) is 26.2 Å². The van der Waals surface area contributed by atoms with Crippen molar-refractivity contribution < 1.29 is 14.7 Å². The van der Waals surface area contributed by atoms with Gasteiger partial charge in [-0.15, -0.1) is 0 Å². The van der Waals surface area contributed by atoms with Crippen LogP contribution in [0.2, 0.25) is 0 Å². The molecule has 0 spiro atoms. The minimum absolute atomic E-state index is 0.0550. The van der Waals surface area contributed by atoms with Crippen LogP contribution in [0.15, 0.2) is 0 Å². The number of hydrogen-bond acceptors (Lipinski definition) is 3. The third-order valence-electron chi connectivity index (χ3n) is 4.99. The molecule has 1 atom stereocenters. The first kappa shape index (κ1) is 15.3. The fourth-order valence-electron chi connectivity index (χ4n) is 3.27. The van der Waals surface area contributed by atoms with Gasteiger partial charge in [-0.2, -0.15) is 0 Å². The second-order valence-electron chi connectivity index (χ2n) is 6.67. The third-order valence-corrected chi connectivity index (χ3v) is 4.99. The Kier molecular flexibility index (Phi) is 4.68. The maximum Gasteiger partial charge on any atom is 0.309 e. The summed E-state index contributed by atoms with van der Waals surface area (Å²) in [6.07, 6.45) is 3.62. The highest BCUT2D eigenvalue weighted by Gasteiger charge is 2.40. The van der Waals surface area contributed by atoms with Gasteiger partial charge in [0.05, 0.1) is 5.41 Å². The van der Waals surface area contributed by atoms with Crippen LogP contribution in [0.1, 0.15) is 39.5 Å². The molecule has 0 aromatic rings. The van der Waals surface area contributed by atoms with Crippen LogP contribution in [0.4, 0.5) is 0 Å². The number of carbonyl (C=O) groups excluding carboxylic acids is 1. The maximum atomic E-state index is 12.5. The monoisotopic (exact) mass is 282 g/mol. The molecular weight excluding hydrogens is 256 g/mol. The van der Waals surface area contributed by atoms with Crippen molar-refractivity contribution in [3.05, 3.63) is 0 Å². The van der Waals surface area contributed by atoms with Gasteiger partial charge in [0.25, 0.3) is 0 Å².